The summed E-state index contributed by atoms with van der Waals surface area (Å²) in [7, 11) is 1.60. The van der Waals surface area contributed by atoms with Gasteiger partial charge in [0.25, 0.3) is 5.91 Å². The smallest absolute Gasteiger partial charge is 0.251 e. The van der Waals surface area contributed by atoms with E-state index >= 15 is 0 Å². The molecule has 0 radical (unpaired) electrons. The average Bonchev–Trinajstić information content (AvgIpc) is 2.66. The molecule has 4 nitrogen and oxygen atoms in total. The fourth-order valence-corrected chi connectivity index (χ4v) is 2.99. The maximum Gasteiger partial charge on any atom is 0.251 e. The standard InChI is InChI=1S/C20H22N2O2S/c1-21-20(24)17-11-8-16(9-12-17)10-13-19(23)22-14-5-15-25-18-6-3-2-4-7-18/h2-4,6-13H,5,14-15H2,1H3,(H,21,24)(H,22,23)/b13-10+. The van der Waals surface area contributed by atoms with Crippen LogP contribution in [0.3, 0.4) is 0 Å². The van der Waals surface area contributed by atoms with Crippen LogP contribution in [0.25, 0.3) is 6.08 Å². The van der Waals surface area contributed by atoms with Crippen LogP contribution in [0.4, 0.5) is 0 Å². The number of amides is 2. The Kier molecular flexibility index (Phi) is 7.79. The molecule has 0 aliphatic rings. The molecule has 2 rings (SSSR count). The highest BCUT2D eigenvalue weighted by Gasteiger charge is 2.01. The second-order valence-corrected chi connectivity index (χ2v) is 6.51. The van der Waals surface area contributed by atoms with Gasteiger partial charge >= 0.3 is 0 Å². The number of hydrogen-bond acceptors (Lipinski definition) is 3. The Balaban J connectivity index is 1.67. The van der Waals surface area contributed by atoms with Gasteiger partial charge in [-0.2, -0.15) is 0 Å². The second kappa shape index (κ2) is 10.4. The molecule has 0 bridgehead atoms. The van der Waals surface area contributed by atoms with Crippen LogP contribution >= 0.6 is 11.8 Å². The molecule has 0 heterocycles. The molecule has 0 aromatic heterocycles. The van der Waals surface area contributed by atoms with Crippen LogP contribution in [-0.4, -0.2) is 31.2 Å². The number of nitrogens with one attached hydrogen (secondary N) is 2. The molecule has 2 aromatic carbocycles. The Labute approximate surface area is 152 Å². The zero-order chi connectivity index (χ0) is 17.9. The minimum absolute atomic E-state index is 0.111. The first-order valence-corrected chi connectivity index (χ1v) is 9.13. The van der Waals surface area contributed by atoms with Gasteiger partial charge < -0.3 is 10.6 Å². The van der Waals surface area contributed by atoms with E-state index in [0.29, 0.717) is 12.1 Å². The molecule has 0 unspecified atom stereocenters. The largest absolute Gasteiger partial charge is 0.355 e. The van der Waals surface area contributed by atoms with Crippen molar-refractivity contribution in [2.45, 2.75) is 11.3 Å². The third-order valence-electron chi connectivity index (χ3n) is 3.46. The summed E-state index contributed by atoms with van der Waals surface area (Å²) in [5.41, 5.74) is 1.47. The topological polar surface area (TPSA) is 58.2 Å². The van der Waals surface area contributed by atoms with Gasteiger partial charge in [-0.1, -0.05) is 30.3 Å². The maximum atomic E-state index is 11.8. The molecule has 0 aliphatic carbocycles. The van der Waals surface area contributed by atoms with Crippen molar-refractivity contribution in [3.05, 3.63) is 71.8 Å². The number of thioether (sulfide) groups is 1. The first-order valence-electron chi connectivity index (χ1n) is 8.15. The van der Waals surface area contributed by atoms with E-state index in [2.05, 4.69) is 22.8 Å². The van der Waals surface area contributed by atoms with E-state index in [1.807, 2.05) is 30.3 Å². The molecule has 0 aliphatic heterocycles. The van der Waals surface area contributed by atoms with E-state index in [1.165, 1.54) is 11.0 Å². The van der Waals surface area contributed by atoms with Crippen LogP contribution in [0.15, 0.2) is 65.6 Å². The molecule has 0 saturated carbocycles. The van der Waals surface area contributed by atoms with E-state index in [4.69, 9.17) is 0 Å². The van der Waals surface area contributed by atoms with Gasteiger partial charge in [0.2, 0.25) is 5.91 Å². The van der Waals surface area contributed by atoms with Crippen LogP contribution in [0.2, 0.25) is 0 Å². The van der Waals surface area contributed by atoms with Crippen LogP contribution in [0, 0.1) is 0 Å². The van der Waals surface area contributed by atoms with Gasteiger partial charge in [-0.25, -0.2) is 0 Å². The minimum Gasteiger partial charge on any atom is -0.355 e. The Hall–Kier alpha value is -2.53. The number of rotatable bonds is 8. The zero-order valence-electron chi connectivity index (χ0n) is 14.2. The van der Waals surface area contributed by atoms with Crippen LogP contribution in [-0.2, 0) is 4.79 Å². The van der Waals surface area contributed by atoms with E-state index < -0.39 is 0 Å². The molecule has 2 aromatic rings. The number of carbonyl (C=O) groups is 2. The molecule has 0 saturated heterocycles. The van der Waals surface area contributed by atoms with Crippen molar-refractivity contribution in [1.82, 2.24) is 10.6 Å². The molecule has 0 atom stereocenters. The lowest BCUT2D eigenvalue weighted by Crippen LogP contribution is -2.22. The average molecular weight is 354 g/mol. The molecule has 0 fully saturated rings. The second-order valence-electron chi connectivity index (χ2n) is 5.34. The highest BCUT2D eigenvalue weighted by atomic mass is 32.2. The first-order chi connectivity index (χ1) is 12.2. The van der Waals surface area contributed by atoms with Crippen molar-refractivity contribution in [2.75, 3.05) is 19.3 Å². The van der Waals surface area contributed by atoms with Gasteiger partial charge in [0.15, 0.2) is 0 Å². The third-order valence-corrected chi connectivity index (χ3v) is 4.56. The SMILES string of the molecule is CNC(=O)c1ccc(/C=C/C(=O)NCCCSc2ccccc2)cc1. The molecule has 2 amide bonds. The van der Waals surface area contributed by atoms with E-state index in [-0.39, 0.29) is 11.8 Å². The summed E-state index contributed by atoms with van der Waals surface area (Å²) in [6.07, 6.45) is 4.17. The molecule has 0 spiro atoms. The summed E-state index contributed by atoms with van der Waals surface area (Å²) in [6.45, 7) is 0.651. The summed E-state index contributed by atoms with van der Waals surface area (Å²) in [4.78, 5) is 24.5. The van der Waals surface area contributed by atoms with Crippen molar-refractivity contribution in [3.63, 3.8) is 0 Å². The Morgan fingerprint density at radius 2 is 1.76 bits per heavy atom. The molecule has 2 N–H and O–H groups in total. The molecular formula is C20H22N2O2S. The summed E-state index contributed by atoms with van der Waals surface area (Å²) in [5, 5.41) is 5.45. The Morgan fingerprint density at radius 1 is 1.04 bits per heavy atom. The fraction of sp³-hybridized carbons (Fsp3) is 0.200. The summed E-state index contributed by atoms with van der Waals surface area (Å²) < 4.78 is 0. The lowest BCUT2D eigenvalue weighted by molar-refractivity contribution is -0.116. The highest BCUT2D eigenvalue weighted by molar-refractivity contribution is 7.99. The van der Waals surface area contributed by atoms with E-state index in [1.54, 1.807) is 37.0 Å². The fourth-order valence-electron chi connectivity index (χ4n) is 2.11. The monoisotopic (exact) mass is 354 g/mol. The van der Waals surface area contributed by atoms with Crippen LogP contribution in [0.1, 0.15) is 22.3 Å². The van der Waals surface area contributed by atoms with Crippen molar-refractivity contribution >= 4 is 29.7 Å². The Morgan fingerprint density at radius 3 is 2.44 bits per heavy atom. The van der Waals surface area contributed by atoms with Gasteiger partial charge in [0, 0.05) is 30.1 Å². The number of carbonyl (C=O) groups excluding carboxylic acids is 2. The summed E-state index contributed by atoms with van der Waals surface area (Å²) >= 11 is 1.79. The summed E-state index contributed by atoms with van der Waals surface area (Å²) in [6, 6.07) is 17.3. The number of benzene rings is 2. The predicted octanol–water partition coefficient (Wildman–Crippen LogP) is 3.36. The molecule has 25 heavy (non-hydrogen) atoms. The van der Waals surface area contributed by atoms with Crippen molar-refractivity contribution < 1.29 is 9.59 Å². The molecule has 5 heteroatoms. The predicted molar refractivity (Wildman–Crippen MR) is 104 cm³/mol. The highest BCUT2D eigenvalue weighted by Crippen LogP contribution is 2.17. The van der Waals surface area contributed by atoms with Crippen LogP contribution < -0.4 is 10.6 Å². The van der Waals surface area contributed by atoms with Gasteiger partial charge in [0.1, 0.15) is 0 Å². The lowest BCUT2D eigenvalue weighted by atomic mass is 10.1. The minimum atomic E-state index is -0.123. The Bertz CT molecular complexity index is 712. The summed E-state index contributed by atoms with van der Waals surface area (Å²) in [5.74, 6) is 0.733. The van der Waals surface area contributed by atoms with Gasteiger partial charge in [0.05, 0.1) is 0 Å². The first kappa shape index (κ1) is 18.8. The maximum absolute atomic E-state index is 11.8. The molecule has 130 valence electrons. The van der Waals surface area contributed by atoms with E-state index in [9.17, 15) is 9.59 Å². The van der Waals surface area contributed by atoms with Crippen LogP contribution in [0.5, 0.6) is 0 Å². The van der Waals surface area contributed by atoms with Crippen molar-refractivity contribution in [3.8, 4) is 0 Å². The molecular weight excluding hydrogens is 332 g/mol. The lowest BCUT2D eigenvalue weighted by Gasteiger charge is -2.03. The zero-order valence-corrected chi connectivity index (χ0v) is 15.0. The normalized spacial score (nSPS) is 10.6. The quantitative estimate of drug-likeness (QED) is 0.434. The van der Waals surface area contributed by atoms with Gasteiger partial charge in [-0.05, 0) is 48.1 Å². The van der Waals surface area contributed by atoms with Crippen molar-refractivity contribution in [2.24, 2.45) is 0 Å². The van der Waals surface area contributed by atoms with Crippen molar-refractivity contribution in [1.29, 1.82) is 0 Å². The van der Waals surface area contributed by atoms with E-state index in [0.717, 1.165) is 17.7 Å². The third kappa shape index (κ3) is 6.85. The van der Waals surface area contributed by atoms with Gasteiger partial charge in [-0.15, -0.1) is 11.8 Å². The number of hydrogen-bond donors (Lipinski definition) is 2. The van der Waals surface area contributed by atoms with Gasteiger partial charge in [-0.3, -0.25) is 9.59 Å².